The minimum absolute atomic E-state index is 0.198. The number of fused-ring (bicyclic) bond motifs is 1. The summed E-state index contributed by atoms with van der Waals surface area (Å²) >= 11 is 6.07. The summed E-state index contributed by atoms with van der Waals surface area (Å²) in [5.74, 6) is 0.335. The van der Waals surface area contributed by atoms with Crippen molar-refractivity contribution in [2.24, 2.45) is 0 Å². The van der Waals surface area contributed by atoms with Gasteiger partial charge < -0.3 is 15.0 Å². The fourth-order valence-corrected chi connectivity index (χ4v) is 2.47. The summed E-state index contributed by atoms with van der Waals surface area (Å²) in [5, 5.41) is 4.53. The molecule has 0 bridgehead atoms. The van der Waals surface area contributed by atoms with Gasteiger partial charge in [0.1, 0.15) is 5.75 Å². The van der Waals surface area contributed by atoms with Crippen molar-refractivity contribution in [1.82, 2.24) is 4.98 Å². The predicted molar refractivity (Wildman–Crippen MR) is 89.0 cm³/mol. The molecule has 0 aliphatic heterocycles. The largest absolute Gasteiger partial charge is 0.495 e. The maximum Gasteiger partial charge on any atom is 0.255 e. The number of ether oxygens (including phenoxy) is 1. The summed E-state index contributed by atoms with van der Waals surface area (Å²) in [6.07, 6.45) is 1.85. The molecular formula is C17H15ClN2O2. The first-order valence-electron chi connectivity index (χ1n) is 6.81. The van der Waals surface area contributed by atoms with Gasteiger partial charge in [-0.2, -0.15) is 0 Å². The molecule has 3 rings (SSSR count). The Morgan fingerprint density at radius 2 is 2.05 bits per heavy atom. The van der Waals surface area contributed by atoms with Gasteiger partial charge in [0.05, 0.1) is 12.8 Å². The van der Waals surface area contributed by atoms with Crippen molar-refractivity contribution in [2.45, 2.75) is 6.92 Å². The maximum absolute atomic E-state index is 12.4. The lowest BCUT2D eigenvalue weighted by atomic mass is 10.1. The summed E-state index contributed by atoms with van der Waals surface area (Å²) in [4.78, 5) is 15.5. The molecule has 0 radical (unpaired) electrons. The van der Waals surface area contributed by atoms with E-state index in [1.165, 1.54) is 0 Å². The average Bonchev–Trinajstić information content (AvgIpc) is 2.98. The molecule has 2 N–H and O–H groups in total. The van der Waals surface area contributed by atoms with Crippen LogP contribution in [0.15, 0.2) is 42.6 Å². The number of halogens is 1. The average molecular weight is 315 g/mol. The number of benzene rings is 2. The van der Waals surface area contributed by atoms with E-state index in [1.807, 2.05) is 31.3 Å². The highest BCUT2D eigenvalue weighted by Crippen LogP contribution is 2.31. The van der Waals surface area contributed by atoms with Gasteiger partial charge in [-0.1, -0.05) is 17.7 Å². The van der Waals surface area contributed by atoms with E-state index in [0.29, 0.717) is 22.0 Å². The third-order valence-corrected chi connectivity index (χ3v) is 3.95. The number of aromatic amines is 1. The molecule has 0 aliphatic carbocycles. The van der Waals surface area contributed by atoms with E-state index in [1.54, 1.807) is 25.3 Å². The first-order chi connectivity index (χ1) is 10.6. The molecule has 22 heavy (non-hydrogen) atoms. The lowest BCUT2D eigenvalue weighted by Crippen LogP contribution is -2.12. The predicted octanol–water partition coefficient (Wildman–Crippen LogP) is 4.39. The van der Waals surface area contributed by atoms with Crippen LogP contribution in [0.2, 0.25) is 5.02 Å². The summed E-state index contributed by atoms with van der Waals surface area (Å²) in [6, 6.07) is 11.0. The van der Waals surface area contributed by atoms with E-state index in [2.05, 4.69) is 10.3 Å². The molecule has 0 aliphatic rings. The second-order valence-electron chi connectivity index (χ2n) is 5.04. The summed E-state index contributed by atoms with van der Waals surface area (Å²) in [5.41, 5.74) is 2.97. The van der Waals surface area contributed by atoms with E-state index in [-0.39, 0.29) is 5.91 Å². The van der Waals surface area contributed by atoms with Gasteiger partial charge in [0.25, 0.3) is 5.91 Å². The van der Waals surface area contributed by atoms with Crippen molar-refractivity contribution in [2.75, 3.05) is 12.4 Å². The van der Waals surface area contributed by atoms with Crippen LogP contribution in [-0.2, 0) is 0 Å². The molecule has 1 heterocycles. The molecule has 3 aromatic rings. The molecule has 0 saturated heterocycles. The van der Waals surface area contributed by atoms with Crippen LogP contribution in [0.4, 0.5) is 5.69 Å². The van der Waals surface area contributed by atoms with E-state index in [0.717, 1.165) is 16.5 Å². The molecule has 0 atom stereocenters. The van der Waals surface area contributed by atoms with E-state index < -0.39 is 0 Å². The van der Waals surface area contributed by atoms with Crippen molar-refractivity contribution in [1.29, 1.82) is 0 Å². The standard InChI is InChI=1S/C17H15ClN2O2/c1-10-7-15(16(22-2)9-13(10)18)20-17(21)12-4-3-11-5-6-19-14(11)8-12/h3-9,19H,1-2H3,(H,20,21). The Morgan fingerprint density at radius 1 is 1.23 bits per heavy atom. The monoisotopic (exact) mass is 314 g/mol. The van der Waals surface area contributed by atoms with E-state index in [9.17, 15) is 4.79 Å². The molecule has 4 nitrogen and oxygen atoms in total. The van der Waals surface area contributed by atoms with Gasteiger partial charge in [-0.25, -0.2) is 0 Å². The molecule has 0 spiro atoms. The van der Waals surface area contributed by atoms with Crippen LogP contribution in [0.1, 0.15) is 15.9 Å². The minimum Gasteiger partial charge on any atom is -0.495 e. The van der Waals surface area contributed by atoms with Gasteiger partial charge >= 0.3 is 0 Å². The van der Waals surface area contributed by atoms with Gasteiger partial charge in [-0.3, -0.25) is 4.79 Å². The maximum atomic E-state index is 12.4. The molecular weight excluding hydrogens is 300 g/mol. The number of hydrogen-bond donors (Lipinski definition) is 2. The van der Waals surface area contributed by atoms with Crippen LogP contribution < -0.4 is 10.1 Å². The zero-order valence-corrected chi connectivity index (χ0v) is 13.0. The Balaban J connectivity index is 1.92. The van der Waals surface area contributed by atoms with Crippen LogP contribution in [0, 0.1) is 6.92 Å². The fraction of sp³-hybridized carbons (Fsp3) is 0.118. The zero-order chi connectivity index (χ0) is 15.7. The fourth-order valence-electron chi connectivity index (χ4n) is 2.31. The Kier molecular flexibility index (Phi) is 3.77. The number of H-pyrrole nitrogens is 1. The third kappa shape index (κ3) is 2.65. The van der Waals surface area contributed by atoms with Crippen LogP contribution in [-0.4, -0.2) is 18.0 Å². The number of anilines is 1. The second kappa shape index (κ2) is 5.73. The first kappa shape index (κ1) is 14.5. The molecule has 1 amide bonds. The Labute approximate surface area is 133 Å². The van der Waals surface area contributed by atoms with E-state index >= 15 is 0 Å². The number of hydrogen-bond acceptors (Lipinski definition) is 2. The van der Waals surface area contributed by atoms with Gasteiger partial charge in [-0.15, -0.1) is 0 Å². The smallest absolute Gasteiger partial charge is 0.255 e. The van der Waals surface area contributed by atoms with Crippen LogP contribution in [0.3, 0.4) is 0 Å². The number of rotatable bonds is 3. The number of methoxy groups -OCH3 is 1. The van der Waals surface area contributed by atoms with Gasteiger partial charge in [0.2, 0.25) is 0 Å². The number of nitrogens with one attached hydrogen (secondary N) is 2. The van der Waals surface area contributed by atoms with Gasteiger partial charge in [-0.05, 0) is 42.1 Å². The topological polar surface area (TPSA) is 54.1 Å². The Hall–Kier alpha value is -2.46. The minimum atomic E-state index is -0.198. The van der Waals surface area contributed by atoms with Crippen LogP contribution >= 0.6 is 11.6 Å². The normalized spacial score (nSPS) is 10.7. The molecule has 112 valence electrons. The van der Waals surface area contributed by atoms with Crippen molar-refractivity contribution < 1.29 is 9.53 Å². The van der Waals surface area contributed by atoms with Gasteiger partial charge in [0.15, 0.2) is 0 Å². The molecule has 0 unspecified atom stereocenters. The third-order valence-electron chi connectivity index (χ3n) is 3.55. The van der Waals surface area contributed by atoms with Crippen LogP contribution in [0.25, 0.3) is 10.9 Å². The van der Waals surface area contributed by atoms with Crippen molar-refractivity contribution in [3.63, 3.8) is 0 Å². The number of amides is 1. The molecule has 0 saturated carbocycles. The summed E-state index contributed by atoms with van der Waals surface area (Å²) in [7, 11) is 1.54. The SMILES string of the molecule is COc1cc(Cl)c(C)cc1NC(=O)c1ccc2cc[nH]c2c1. The van der Waals surface area contributed by atoms with Crippen molar-refractivity contribution in [3.05, 3.63) is 58.7 Å². The molecule has 5 heteroatoms. The summed E-state index contributed by atoms with van der Waals surface area (Å²) < 4.78 is 5.27. The van der Waals surface area contributed by atoms with Crippen molar-refractivity contribution in [3.8, 4) is 5.75 Å². The Morgan fingerprint density at radius 3 is 2.82 bits per heavy atom. The first-order valence-corrected chi connectivity index (χ1v) is 7.19. The quantitative estimate of drug-likeness (QED) is 0.753. The molecule has 1 aromatic heterocycles. The lowest BCUT2D eigenvalue weighted by molar-refractivity contribution is 0.102. The highest BCUT2D eigenvalue weighted by Gasteiger charge is 2.12. The lowest BCUT2D eigenvalue weighted by Gasteiger charge is -2.12. The number of aromatic nitrogens is 1. The molecule has 2 aromatic carbocycles. The number of aryl methyl sites for hydroxylation is 1. The Bertz CT molecular complexity index is 855. The number of carbonyl (C=O) groups is 1. The molecule has 0 fully saturated rings. The summed E-state index contributed by atoms with van der Waals surface area (Å²) in [6.45, 7) is 1.88. The van der Waals surface area contributed by atoms with Crippen molar-refractivity contribution >= 4 is 34.1 Å². The van der Waals surface area contributed by atoms with Gasteiger partial charge in [0, 0.05) is 28.4 Å². The highest BCUT2D eigenvalue weighted by molar-refractivity contribution is 6.31. The second-order valence-corrected chi connectivity index (χ2v) is 5.44. The van der Waals surface area contributed by atoms with Crippen LogP contribution in [0.5, 0.6) is 5.75 Å². The zero-order valence-electron chi connectivity index (χ0n) is 12.2. The highest BCUT2D eigenvalue weighted by atomic mass is 35.5. The number of carbonyl (C=O) groups excluding carboxylic acids is 1. The van der Waals surface area contributed by atoms with E-state index in [4.69, 9.17) is 16.3 Å².